The summed E-state index contributed by atoms with van der Waals surface area (Å²) in [5.74, 6) is -0.0474. The highest BCUT2D eigenvalue weighted by atomic mass is 32.1. The van der Waals surface area contributed by atoms with Crippen LogP contribution in [0.5, 0.6) is 5.75 Å². The molecule has 1 N–H and O–H groups in total. The number of hydrogen-bond donors (Lipinski definition) is 1. The lowest BCUT2D eigenvalue weighted by molar-refractivity contribution is -0.148. The number of amides is 1. The summed E-state index contributed by atoms with van der Waals surface area (Å²) in [5.41, 5.74) is 0.193. The summed E-state index contributed by atoms with van der Waals surface area (Å²) in [5, 5.41) is 5.24. The first-order valence-corrected chi connectivity index (χ1v) is 8.97. The van der Waals surface area contributed by atoms with E-state index < -0.39 is 11.5 Å². The Bertz CT molecular complexity index is 781. The van der Waals surface area contributed by atoms with Crippen LogP contribution in [0.15, 0.2) is 29.6 Å². The minimum absolute atomic E-state index is 0.293. The Balaban J connectivity index is 1.82. The Kier molecular flexibility index (Phi) is 5.03. The van der Waals surface area contributed by atoms with E-state index >= 15 is 0 Å². The average molecular weight is 360 g/mol. The maximum atomic E-state index is 12.6. The molecule has 1 aromatic carbocycles. The van der Waals surface area contributed by atoms with Gasteiger partial charge in [0.25, 0.3) is 5.91 Å². The molecule has 1 fully saturated rings. The maximum absolute atomic E-state index is 12.6. The van der Waals surface area contributed by atoms with Gasteiger partial charge >= 0.3 is 5.97 Å². The van der Waals surface area contributed by atoms with Gasteiger partial charge < -0.3 is 14.8 Å². The fourth-order valence-electron chi connectivity index (χ4n) is 3.16. The molecule has 2 aromatic rings. The van der Waals surface area contributed by atoms with E-state index in [0.29, 0.717) is 29.3 Å². The number of methoxy groups -OCH3 is 2. The van der Waals surface area contributed by atoms with Crippen LogP contribution in [0, 0.1) is 0 Å². The second-order valence-electron chi connectivity index (χ2n) is 5.97. The molecule has 1 heterocycles. The first-order chi connectivity index (χ1) is 12.1. The molecule has 3 rings (SSSR count). The van der Waals surface area contributed by atoms with E-state index in [9.17, 15) is 9.59 Å². The van der Waals surface area contributed by atoms with E-state index in [-0.39, 0.29) is 5.91 Å². The summed E-state index contributed by atoms with van der Waals surface area (Å²) in [6.45, 7) is 0. The van der Waals surface area contributed by atoms with Gasteiger partial charge in [-0.1, -0.05) is 25.0 Å². The lowest BCUT2D eigenvalue weighted by Crippen LogP contribution is -2.53. The number of nitrogens with zero attached hydrogens (tertiary/aromatic N) is 1. The van der Waals surface area contributed by atoms with Gasteiger partial charge in [-0.3, -0.25) is 4.79 Å². The largest absolute Gasteiger partial charge is 0.496 e. The molecule has 0 aliphatic heterocycles. The zero-order chi connectivity index (χ0) is 17.9. The van der Waals surface area contributed by atoms with E-state index in [0.717, 1.165) is 18.4 Å². The third-order valence-corrected chi connectivity index (χ3v) is 5.34. The SMILES string of the molecule is COC(=O)C1(NC(=O)c2csc(-c3ccccc3OC)n2)CCCC1. The van der Waals surface area contributed by atoms with Crippen LogP contribution in [-0.2, 0) is 9.53 Å². The molecule has 0 atom stereocenters. The second-order valence-corrected chi connectivity index (χ2v) is 6.83. The van der Waals surface area contributed by atoms with Crippen molar-refractivity contribution in [3.63, 3.8) is 0 Å². The molecule has 1 amide bonds. The molecule has 1 aliphatic rings. The van der Waals surface area contributed by atoms with Crippen LogP contribution in [0.3, 0.4) is 0 Å². The molecule has 1 aliphatic carbocycles. The molecule has 1 aromatic heterocycles. The summed E-state index contributed by atoms with van der Waals surface area (Å²) in [4.78, 5) is 29.2. The maximum Gasteiger partial charge on any atom is 0.331 e. The van der Waals surface area contributed by atoms with E-state index in [1.807, 2.05) is 24.3 Å². The van der Waals surface area contributed by atoms with Gasteiger partial charge in [0.15, 0.2) is 0 Å². The van der Waals surface area contributed by atoms with Gasteiger partial charge in [0.1, 0.15) is 22.0 Å². The summed E-state index contributed by atoms with van der Waals surface area (Å²) < 4.78 is 10.2. The molecule has 0 bridgehead atoms. The first-order valence-electron chi connectivity index (χ1n) is 8.09. The Morgan fingerprint density at radius 3 is 2.60 bits per heavy atom. The fraction of sp³-hybridized carbons (Fsp3) is 0.389. The third kappa shape index (κ3) is 3.37. The molecular weight excluding hydrogens is 340 g/mol. The lowest BCUT2D eigenvalue weighted by Gasteiger charge is -2.26. The van der Waals surface area contributed by atoms with E-state index in [1.165, 1.54) is 18.4 Å². The normalized spacial score (nSPS) is 15.6. The van der Waals surface area contributed by atoms with Crippen LogP contribution in [0.4, 0.5) is 0 Å². The van der Waals surface area contributed by atoms with Crippen molar-refractivity contribution < 1.29 is 19.1 Å². The number of para-hydroxylation sites is 1. The molecule has 7 heteroatoms. The zero-order valence-electron chi connectivity index (χ0n) is 14.2. The lowest BCUT2D eigenvalue weighted by atomic mass is 9.97. The van der Waals surface area contributed by atoms with Crippen molar-refractivity contribution in [2.75, 3.05) is 14.2 Å². The van der Waals surface area contributed by atoms with E-state index in [4.69, 9.17) is 9.47 Å². The van der Waals surface area contributed by atoms with Crippen LogP contribution in [0.25, 0.3) is 10.6 Å². The smallest absolute Gasteiger partial charge is 0.331 e. The quantitative estimate of drug-likeness (QED) is 0.829. The summed E-state index contributed by atoms with van der Waals surface area (Å²) in [7, 11) is 2.94. The first kappa shape index (κ1) is 17.4. The molecule has 132 valence electrons. The minimum Gasteiger partial charge on any atom is -0.496 e. The Labute approximate surface area is 150 Å². The molecule has 6 nitrogen and oxygen atoms in total. The van der Waals surface area contributed by atoms with Crippen molar-refractivity contribution in [3.8, 4) is 16.3 Å². The third-order valence-electron chi connectivity index (χ3n) is 4.46. The van der Waals surface area contributed by atoms with Crippen LogP contribution in [-0.4, -0.2) is 36.6 Å². The number of nitrogens with one attached hydrogen (secondary N) is 1. The predicted octanol–water partition coefficient (Wildman–Crippen LogP) is 3.03. The van der Waals surface area contributed by atoms with Crippen molar-refractivity contribution in [3.05, 3.63) is 35.3 Å². The summed E-state index contributed by atoms with van der Waals surface area (Å²) in [6, 6.07) is 7.51. The van der Waals surface area contributed by atoms with Crippen LogP contribution < -0.4 is 10.1 Å². The van der Waals surface area contributed by atoms with Crippen LogP contribution in [0.1, 0.15) is 36.2 Å². The fourth-order valence-corrected chi connectivity index (χ4v) is 3.99. The molecule has 25 heavy (non-hydrogen) atoms. The van der Waals surface area contributed by atoms with Crippen molar-refractivity contribution in [2.45, 2.75) is 31.2 Å². The van der Waals surface area contributed by atoms with Crippen molar-refractivity contribution in [1.82, 2.24) is 10.3 Å². The molecule has 0 saturated heterocycles. The van der Waals surface area contributed by atoms with Crippen molar-refractivity contribution in [1.29, 1.82) is 0 Å². The molecule has 0 unspecified atom stereocenters. The van der Waals surface area contributed by atoms with Gasteiger partial charge in [0.05, 0.1) is 19.8 Å². The second kappa shape index (κ2) is 7.23. The standard InChI is InChI=1S/C18H20N2O4S/c1-23-14-8-4-3-7-12(14)16-19-13(11-25-16)15(21)20-18(17(22)24-2)9-5-6-10-18/h3-4,7-8,11H,5-6,9-10H2,1-2H3,(H,20,21). The number of esters is 1. The average Bonchev–Trinajstić information content (AvgIpc) is 3.31. The monoisotopic (exact) mass is 360 g/mol. The van der Waals surface area contributed by atoms with E-state index in [1.54, 1.807) is 12.5 Å². The summed E-state index contributed by atoms with van der Waals surface area (Å²) >= 11 is 1.36. The predicted molar refractivity (Wildman–Crippen MR) is 94.8 cm³/mol. The summed E-state index contributed by atoms with van der Waals surface area (Å²) in [6.07, 6.45) is 2.96. The van der Waals surface area contributed by atoms with Gasteiger partial charge in [-0.05, 0) is 25.0 Å². The number of hydrogen-bond acceptors (Lipinski definition) is 6. The van der Waals surface area contributed by atoms with Gasteiger partial charge in [-0.15, -0.1) is 11.3 Å². The van der Waals surface area contributed by atoms with Crippen molar-refractivity contribution in [2.24, 2.45) is 0 Å². The van der Waals surface area contributed by atoms with Crippen molar-refractivity contribution >= 4 is 23.2 Å². The number of thiazole rings is 1. The minimum atomic E-state index is -0.931. The number of carbonyl (C=O) groups excluding carboxylic acids is 2. The Morgan fingerprint density at radius 1 is 1.20 bits per heavy atom. The molecule has 0 radical (unpaired) electrons. The number of ether oxygens (including phenoxy) is 2. The van der Waals surface area contributed by atoms with Gasteiger partial charge in [0, 0.05) is 5.38 Å². The highest BCUT2D eigenvalue weighted by Crippen LogP contribution is 2.33. The molecule has 0 spiro atoms. The van der Waals surface area contributed by atoms with Crippen LogP contribution in [0.2, 0.25) is 0 Å². The van der Waals surface area contributed by atoms with Gasteiger partial charge in [-0.2, -0.15) is 0 Å². The topological polar surface area (TPSA) is 77.5 Å². The van der Waals surface area contributed by atoms with Crippen LogP contribution >= 0.6 is 11.3 Å². The van der Waals surface area contributed by atoms with Gasteiger partial charge in [-0.25, -0.2) is 9.78 Å². The molecular formula is C18H20N2O4S. The Hall–Kier alpha value is -2.41. The Morgan fingerprint density at radius 2 is 1.92 bits per heavy atom. The number of carbonyl (C=O) groups is 2. The number of rotatable bonds is 5. The highest BCUT2D eigenvalue weighted by molar-refractivity contribution is 7.13. The van der Waals surface area contributed by atoms with Gasteiger partial charge in [0.2, 0.25) is 0 Å². The highest BCUT2D eigenvalue weighted by Gasteiger charge is 2.44. The number of aromatic nitrogens is 1. The molecule has 1 saturated carbocycles. The van der Waals surface area contributed by atoms with E-state index in [2.05, 4.69) is 10.3 Å². The zero-order valence-corrected chi connectivity index (χ0v) is 15.0. The number of benzene rings is 1.